The van der Waals surface area contributed by atoms with Crippen molar-refractivity contribution < 1.29 is 0 Å². The van der Waals surface area contributed by atoms with Crippen LogP contribution in [0.4, 0.5) is 0 Å². The van der Waals surface area contributed by atoms with Crippen LogP contribution in [0.25, 0.3) is 0 Å². The quantitative estimate of drug-likeness (QED) is 0.729. The van der Waals surface area contributed by atoms with Crippen LogP contribution in [0.15, 0.2) is 0 Å². The normalized spacial score (nSPS) is 27.4. The molecule has 1 unspecified atom stereocenters. The molecule has 0 saturated carbocycles. The average molecular weight is 215 g/mol. The molecule has 1 nitrogen and oxygen atoms in total. The molecule has 1 rings (SSSR count). The third-order valence-corrected chi connectivity index (χ3v) is 4.93. The number of rotatable bonds is 6. The topological polar surface area (TPSA) is 12.0 Å². The summed E-state index contributed by atoms with van der Waals surface area (Å²) in [5.74, 6) is 2.24. The minimum Gasteiger partial charge on any atom is -0.315 e. The average Bonchev–Trinajstić information content (AvgIpc) is 2.60. The van der Waals surface area contributed by atoms with Crippen LogP contribution in [-0.2, 0) is 0 Å². The number of hydrogen-bond donors (Lipinski definition) is 1. The van der Waals surface area contributed by atoms with Crippen LogP contribution in [-0.4, -0.2) is 23.6 Å². The van der Waals surface area contributed by atoms with Gasteiger partial charge in [0.2, 0.25) is 0 Å². The summed E-state index contributed by atoms with van der Waals surface area (Å²) >= 11 is 2.15. The van der Waals surface area contributed by atoms with Gasteiger partial charge in [0, 0.05) is 11.3 Å². The second-order valence-corrected chi connectivity index (χ2v) is 6.40. The van der Waals surface area contributed by atoms with E-state index in [1.165, 1.54) is 44.5 Å². The maximum atomic E-state index is 3.65. The second-order valence-electron chi connectivity index (χ2n) is 4.72. The number of hydrogen-bond acceptors (Lipinski definition) is 2. The van der Waals surface area contributed by atoms with Crippen molar-refractivity contribution in [3.8, 4) is 0 Å². The van der Waals surface area contributed by atoms with Crippen LogP contribution in [0, 0.1) is 5.92 Å². The Morgan fingerprint density at radius 1 is 1.36 bits per heavy atom. The molecule has 0 aromatic rings. The Morgan fingerprint density at radius 3 is 2.57 bits per heavy atom. The Hall–Kier alpha value is 0.310. The van der Waals surface area contributed by atoms with E-state index in [9.17, 15) is 0 Å². The Labute approximate surface area is 93.4 Å². The molecular formula is C12H25NS. The van der Waals surface area contributed by atoms with Crippen LogP contribution in [0.5, 0.6) is 0 Å². The first-order chi connectivity index (χ1) is 6.70. The molecule has 2 heteroatoms. The van der Waals surface area contributed by atoms with Crippen molar-refractivity contribution in [2.24, 2.45) is 5.92 Å². The predicted octanol–water partition coefficient (Wildman–Crippen LogP) is 3.30. The molecule has 84 valence electrons. The Kier molecular flexibility index (Phi) is 5.32. The van der Waals surface area contributed by atoms with Gasteiger partial charge in [-0.25, -0.2) is 0 Å². The molecule has 1 atom stereocenters. The molecule has 0 aromatic heterocycles. The third-order valence-electron chi connectivity index (χ3n) is 3.39. The minimum absolute atomic E-state index is 0.534. The van der Waals surface area contributed by atoms with Crippen LogP contribution in [0.3, 0.4) is 0 Å². The molecule has 0 aliphatic carbocycles. The molecule has 1 heterocycles. The summed E-state index contributed by atoms with van der Waals surface area (Å²) < 4.78 is 0.534. The van der Waals surface area contributed by atoms with Gasteiger partial charge in [-0.3, -0.25) is 0 Å². The molecule has 0 aromatic carbocycles. The van der Waals surface area contributed by atoms with E-state index in [1.54, 1.807) is 0 Å². The Balaban J connectivity index is 2.13. The van der Waals surface area contributed by atoms with E-state index >= 15 is 0 Å². The molecule has 1 aliphatic heterocycles. The fourth-order valence-corrected chi connectivity index (χ4v) is 3.37. The first kappa shape index (κ1) is 12.4. The van der Waals surface area contributed by atoms with Crippen molar-refractivity contribution in [2.45, 2.75) is 51.2 Å². The smallest absolute Gasteiger partial charge is 0.0256 e. The van der Waals surface area contributed by atoms with Crippen molar-refractivity contribution in [3.05, 3.63) is 0 Å². The van der Waals surface area contributed by atoms with Gasteiger partial charge in [-0.05, 0) is 38.0 Å². The lowest BCUT2D eigenvalue weighted by Gasteiger charge is -2.24. The Morgan fingerprint density at radius 2 is 2.07 bits per heavy atom. The summed E-state index contributed by atoms with van der Waals surface area (Å²) in [5.41, 5.74) is 0. The first-order valence-electron chi connectivity index (χ1n) is 6.05. The largest absolute Gasteiger partial charge is 0.315 e. The first-order valence-corrected chi connectivity index (χ1v) is 7.03. The van der Waals surface area contributed by atoms with Gasteiger partial charge in [0.25, 0.3) is 0 Å². The zero-order valence-electron chi connectivity index (χ0n) is 9.94. The maximum absolute atomic E-state index is 3.65. The highest BCUT2D eigenvalue weighted by Crippen LogP contribution is 2.36. The predicted molar refractivity (Wildman–Crippen MR) is 67.0 cm³/mol. The molecule has 1 N–H and O–H groups in total. The molecule has 1 saturated heterocycles. The van der Waals surface area contributed by atoms with Gasteiger partial charge >= 0.3 is 0 Å². The maximum Gasteiger partial charge on any atom is 0.0256 e. The molecule has 14 heavy (non-hydrogen) atoms. The monoisotopic (exact) mass is 215 g/mol. The summed E-state index contributed by atoms with van der Waals surface area (Å²) in [7, 11) is 0. The summed E-state index contributed by atoms with van der Waals surface area (Å²) in [6, 6.07) is 0. The third kappa shape index (κ3) is 3.82. The summed E-state index contributed by atoms with van der Waals surface area (Å²) in [6.45, 7) is 9.41. The van der Waals surface area contributed by atoms with Gasteiger partial charge in [0.05, 0.1) is 0 Å². The van der Waals surface area contributed by atoms with E-state index in [4.69, 9.17) is 0 Å². The van der Waals surface area contributed by atoms with E-state index in [0.29, 0.717) is 4.75 Å². The second kappa shape index (κ2) is 6.02. The summed E-state index contributed by atoms with van der Waals surface area (Å²) in [4.78, 5) is 0. The van der Waals surface area contributed by atoms with Gasteiger partial charge < -0.3 is 5.32 Å². The highest BCUT2D eigenvalue weighted by Gasteiger charge is 2.28. The van der Waals surface area contributed by atoms with Crippen molar-refractivity contribution >= 4 is 11.8 Å². The van der Waals surface area contributed by atoms with E-state index in [-0.39, 0.29) is 0 Å². The van der Waals surface area contributed by atoms with Crippen molar-refractivity contribution in [3.63, 3.8) is 0 Å². The summed E-state index contributed by atoms with van der Waals surface area (Å²) in [6.07, 6.45) is 5.43. The lowest BCUT2D eigenvalue weighted by Crippen LogP contribution is -2.35. The number of nitrogens with one attached hydrogen (secondary N) is 1. The van der Waals surface area contributed by atoms with Crippen molar-refractivity contribution in [1.29, 1.82) is 0 Å². The molecule has 0 amide bonds. The van der Waals surface area contributed by atoms with Gasteiger partial charge in [0.15, 0.2) is 0 Å². The van der Waals surface area contributed by atoms with Crippen LogP contribution in [0.1, 0.15) is 46.5 Å². The fraction of sp³-hybridized carbons (Fsp3) is 1.00. The standard InChI is InChI=1S/C12H25NS/c1-4-11(5-2)9-13-10-12(3)7-6-8-14-12/h11,13H,4-10H2,1-3H3. The molecule has 1 fully saturated rings. The van der Waals surface area contributed by atoms with Gasteiger partial charge in [-0.15, -0.1) is 0 Å². The van der Waals surface area contributed by atoms with E-state index < -0.39 is 0 Å². The lowest BCUT2D eigenvalue weighted by atomic mass is 10.0. The van der Waals surface area contributed by atoms with Crippen LogP contribution in [0.2, 0.25) is 0 Å². The Bertz CT molecular complexity index is 148. The molecule has 0 radical (unpaired) electrons. The minimum atomic E-state index is 0.534. The highest BCUT2D eigenvalue weighted by atomic mass is 32.2. The van der Waals surface area contributed by atoms with E-state index in [0.717, 1.165) is 5.92 Å². The molecule has 0 spiro atoms. The highest BCUT2D eigenvalue weighted by molar-refractivity contribution is 8.00. The molecule has 0 bridgehead atoms. The van der Waals surface area contributed by atoms with E-state index in [1.807, 2.05) is 0 Å². The fourth-order valence-electron chi connectivity index (χ4n) is 2.09. The van der Waals surface area contributed by atoms with Crippen LogP contribution < -0.4 is 5.32 Å². The lowest BCUT2D eigenvalue weighted by molar-refractivity contribution is 0.429. The number of thioether (sulfide) groups is 1. The van der Waals surface area contributed by atoms with E-state index in [2.05, 4.69) is 37.8 Å². The zero-order valence-corrected chi connectivity index (χ0v) is 10.8. The summed E-state index contributed by atoms with van der Waals surface area (Å²) in [5, 5.41) is 3.65. The van der Waals surface area contributed by atoms with Gasteiger partial charge in [-0.2, -0.15) is 11.8 Å². The zero-order chi connectivity index (χ0) is 10.4. The van der Waals surface area contributed by atoms with Gasteiger partial charge in [0.1, 0.15) is 0 Å². The van der Waals surface area contributed by atoms with Crippen LogP contribution >= 0.6 is 11.8 Å². The SMILES string of the molecule is CCC(CC)CNCC1(C)CCCS1. The van der Waals surface area contributed by atoms with Gasteiger partial charge in [-0.1, -0.05) is 26.7 Å². The van der Waals surface area contributed by atoms with Crippen molar-refractivity contribution in [1.82, 2.24) is 5.32 Å². The molecular weight excluding hydrogens is 190 g/mol. The van der Waals surface area contributed by atoms with Crippen molar-refractivity contribution in [2.75, 3.05) is 18.8 Å². The molecule has 1 aliphatic rings.